The summed E-state index contributed by atoms with van der Waals surface area (Å²) in [5, 5.41) is 3.70. The molecule has 96 valence electrons. The van der Waals surface area contributed by atoms with Crippen LogP contribution in [0, 0.1) is 0 Å². The highest BCUT2D eigenvalue weighted by Gasteiger charge is 2.20. The van der Waals surface area contributed by atoms with Gasteiger partial charge in [0, 0.05) is 11.6 Å². The molecule has 1 fully saturated rings. The second-order valence-electron chi connectivity index (χ2n) is 5.98. The summed E-state index contributed by atoms with van der Waals surface area (Å²) in [7, 11) is 2.28. The van der Waals surface area contributed by atoms with E-state index in [9.17, 15) is 0 Å². The number of piperidine rings is 1. The molecule has 1 N–H and O–H groups in total. The van der Waals surface area contributed by atoms with Gasteiger partial charge in [0.1, 0.15) is 0 Å². The Hall–Kier alpha value is -0.0800. The largest absolute Gasteiger partial charge is 0.312 e. The maximum Gasteiger partial charge on any atom is 0.0125 e. The van der Waals surface area contributed by atoms with Crippen molar-refractivity contribution in [3.05, 3.63) is 0 Å². The maximum absolute atomic E-state index is 3.70. The third-order valence-electron chi connectivity index (χ3n) is 3.88. The van der Waals surface area contributed by atoms with Crippen LogP contribution in [0.25, 0.3) is 0 Å². The zero-order valence-electron chi connectivity index (χ0n) is 11.7. The molecule has 1 heterocycles. The molecule has 1 aliphatic rings. The number of rotatable bonds is 6. The van der Waals surface area contributed by atoms with Crippen LogP contribution in [0.4, 0.5) is 0 Å². The van der Waals surface area contributed by atoms with Crippen LogP contribution in [-0.2, 0) is 0 Å². The third-order valence-corrected chi connectivity index (χ3v) is 3.88. The fourth-order valence-corrected chi connectivity index (χ4v) is 2.80. The van der Waals surface area contributed by atoms with Crippen molar-refractivity contribution in [3.63, 3.8) is 0 Å². The van der Waals surface area contributed by atoms with Gasteiger partial charge in [-0.05, 0) is 59.7 Å². The Kier molecular flexibility index (Phi) is 5.77. The number of nitrogens with zero attached hydrogens (tertiary/aromatic N) is 1. The van der Waals surface area contributed by atoms with Crippen LogP contribution in [0.3, 0.4) is 0 Å². The summed E-state index contributed by atoms with van der Waals surface area (Å²) >= 11 is 0. The zero-order chi connectivity index (χ0) is 12.0. The smallest absolute Gasteiger partial charge is 0.0125 e. The molecule has 0 radical (unpaired) electrons. The van der Waals surface area contributed by atoms with E-state index >= 15 is 0 Å². The van der Waals surface area contributed by atoms with Crippen molar-refractivity contribution in [1.29, 1.82) is 0 Å². The van der Waals surface area contributed by atoms with Crippen LogP contribution in [0.15, 0.2) is 0 Å². The fraction of sp³-hybridized carbons (Fsp3) is 1.00. The highest BCUT2D eigenvalue weighted by molar-refractivity contribution is 4.80. The number of likely N-dealkylation sites (tertiary alicyclic amines) is 1. The Bertz CT molecular complexity index is 189. The highest BCUT2D eigenvalue weighted by Crippen LogP contribution is 2.18. The number of nitrogens with one attached hydrogen (secondary N) is 1. The predicted molar refractivity (Wildman–Crippen MR) is 71.9 cm³/mol. The second-order valence-corrected chi connectivity index (χ2v) is 5.98. The van der Waals surface area contributed by atoms with Gasteiger partial charge < -0.3 is 10.2 Å². The molecule has 0 aromatic heterocycles. The minimum atomic E-state index is 0.321. The first-order valence-electron chi connectivity index (χ1n) is 7.00. The average molecular weight is 226 g/mol. The van der Waals surface area contributed by atoms with Crippen molar-refractivity contribution in [1.82, 2.24) is 10.2 Å². The molecule has 2 heteroatoms. The van der Waals surface area contributed by atoms with Crippen molar-refractivity contribution in [2.24, 2.45) is 0 Å². The summed E-state index contributed by atoms with van der Waals surface area (Å²) in [6, 6.07) is 0.818. The first-order valence-corrected chi connectivity index (χ1v) is 7.00. The van der Waals surface area contributed by atoms with Gasteiger partial charge in [0.2, 0.25) is 0 Å². The standard InChI is InChI=1S/C14H30N2/c1-5-10-14(2,3)15-11-9-13-8-6-7-12-16(13)4/h13,15H,5-12H2,1-4H3. The summed E-state index contributed by atoms with van der Waals surface area (Å²) in [4.78, 5) is 2.54. The van der Waals surface area contributed by atoms with E-state index in [0.717, 1.165) is 6.04 Å². The summed E-state index contributed by atoms with van der Waals surface area (Å²) in [5.41, 5.74) is 0.321. The van der Waals surface area contributed by atoms with Gasteiger partial charge in [0.05, 0.1) is 0 Å². The van der Waals surface area contributed by atoms with E-state index in [1.807, 2.05) is 0 Å². The molecule has 0 bridgehead atoms. The summed E-state index contributed by atoms with van der Waals surface area (Å²) in [5.74, 6) is 0. The van der Waals surface area contributed by atoms with Gasteiger partial charge in [-0.15, -0.1) is 0 Å². The van der Waals surface area contributed by atoms with Gasteiger partial charge >= 0.3 is 0 Å². The Labute approximate surface area is 102 Å². The third kappa shape index (κ3) is 4.84. The molecule has 0 aromatic carbocycles. The lowest BCUT2D eigenvalue weighted by molar-refractivity contribution is 0.171. The Morgan fingerprint density at radius 1 is 1.31 bits per heavy atom. The molecule has 16 heavy (non-hydrogen) atoms. The summed E-state index contributed by atoms with van der Waals surface area (Å²) < 4.78 is 0. The van der Waals surface area contributed by atoms with E-state index < -0.39 is 0 Å². The molecule has 1 atom stereocenters. The minimum Gasteiger partial charge on any atom is -0.312 e. The summed E-state index contributed by atoms with van der Waals surface area (Å²) in [6.45, 7) is 9.37. The molecule has 1 saturated heterocycles. The van der Waals surface area contributed by atoms with Crippen LogP contribution in [0.2, 0.25) is 0 Å². The Balaban J connectivity index is 2.18. The summed E-state index contributed by atoms with van der Waals surface area (Å²) in [6.07, 6.45) is 8.06. The molecule has 0 aliphatic carbocycles. The van der Waals surface area contributed by atoms with E-state index in [2.05, 4.69) is 38.0 Å². The van der Waals surface area contributed by atoms with Gasteiger partial charge in [0.25, 0.3) is 0 Å². The quantitative estimate of drug-likeness (QED) is 0.749. The lowest BCUT2D eigenvalue weighted by Gasteiger charge is -2.34. The molecule has 0 amide bonds. The van der Waals surface area contributed by atoms with Crippen molar-refractivity contribution in [3.8, 4) is 0 Å². The zero-order valence-corrected chi connectivity index (χ0v) is 11.7. The van der Waals surface area contributed by atoms with Crippen LogP contribution in [0.5, 0.6) is 0 Å². The molecular weight excluding hydrogens is 196 g/mol. The van der Waals surface area contributed by atoms with Crippen molar-refractivity contribution in [2.75, 3.05) is 20.1 Å². The van der Waals surface area contributed by atoms with Gasteiger partial charge in [-0.25, -0.2) is 0 Å². The Morgan fingerprint density at radius 2 is 2.06 bits per heavy atom. The lowest BCUT2D eigenvalue weighted by Crippen LogP contribution is -2.43. The molecular formula is C14H30N2. The molecule has 1 unspecified atom stereocenters. The molecule has 0 aromatic rings. The van der Waals surface area contributed by atoms with E-state index in [0.29, 0.717) is 5.54 Å². The van der Waals surface area contributed by atoms with Crippen LogP contribution in [0.1, 0.15) is 59.3 Å². The van der Waals surface area contributed by atoms with E-state index in [1.165, 1.54) is 51.6 Å². The van der Waals surface area contributed by atoms with E-state index in [-0.39, 0.29) is 0 Å². The fourth-order valence-electron chi connectivity index (χ4n) is 2.80. The number of hydrogen-bond donors (Lipinski definition) is 1. The van der Waals surface area contributed by atoms with E-state index in [1.54, 1.807) is 0 Å². The van der Waals surface area contributed by atoms with Crippen LogP contribution in [-0.4, -0.2) is 36.6 Å². The predicted octanol–water partition coefficient (Wildman–Crippen LogP) is 3.03. The molecule has 2 nitrogen and oxygen atoms in total. The normalized spacial score (nSPS) is 23.6. The SMILES string of the molecule is CCCC(C)(C)NCCC1CCCCN1C. The molecule has 0 saturated carbocycles. The molecule has 1 rings (SSSR count). The van der Waals surface area contributed by atoms with Crippen LogP contribution < -0.4 is 5.32 Å². The number of hydrogen-bond acceptors (Lipinski definition) is 2. The topological polar surface area (TPSA) is 15.3 Å². The monoisotopic (exact) mass is 226 g/mol. The first-order chi connectivity index (χ1) is 7.55. The van der Waals surface area contributed by atoms with Gasteiger partial charge in [-0.1, -0.05) is 19.8 Å². The van der Waals surface area contributed by atoms with Crippen molar-refractivity contribution in [2.45, 2.75) is 70.9 Å². The lowest BCUT2D eigenvalue weighted by atomic mass is 9.97. The van der Waals surface area contributed by atoms with Gasteiger partial charge in [-0.2, -0.15) is 0 Å². The minimum absolute atomic E-state index is 0.321. The van der Waals surface area contributed by atoms with Crippen LogP contribution >= 0.6 is 0 Å². The Morgan fingerprint density at radius 3 is 2.69 bits per heavy atom. The maximum atomic E-state index is 3.70. The first kappa shape index (κ1) is 14.0. The van der Waals surface area contributed by atoms with Crippen molar-refractivity contribution < 1.29 is 0 Å². The second kappa shape index (κ2) is 6.61. The van der Waals surface area contributed by atoms with Gasteiger partial charge in [0.15, 0.2) is 0 Å². The highest BCUT2D eigenvalue weighted by atomic mass is 15.1. The molecule has 1 aliphatic heterocycles. The van der Waals surface area contributed by atoms with E-state index in [4.69, 9.17) is 0 Å². The molecule has 0 spiro atoms. The van der Waals surface area contributed by atoms with Crippen molar-refractivity contribution >= 4 is 0 Å². The van der Waals surface area contributed by atoms with Gasteiger partial charge in [-0.3, -0.25) is 0 Å². The average Bonchev–Trinajstić information content (AvgIpc) is 2.20.